The van der Waals surface area contributed by atoms with Gasteiger partial charge in [-0.05, 0) is 48.0 Å². The third-order valence-electron chi connectivity index (χ3n) is 3.33. The molecule has 5 nitrogen and oxygen atoms in total. The fourth-order valence-electron chi connectivity index (χ4n) is 2.16. The summed E-state index contributed by atoms with van der Waals surface area (Å²) in [6.07, 6.45) is 1.53. The Morgan fingerprint density at radius 1 is 0.920 bits per heavy atom. The zero-order chi connectivity index (χ0) is 17.5. The van der Waals surface area contributed by atoms with Crippen LogP contribution >= 0.6 is 0 Å². The van der Waals surface area contributed by atoms with E-state index in [-0.39, 0.29) is 5.75 Å². The van der Waals surface area contributed by atoms with Crippen LogP contribution in [0.2, 0.25) is 0 Å². The van der Waals surface area contributed by atoms with Crippen LogP contribution in [0.25, 0.3) is 0 Å². The van der Waals surface area contributed by atoms with Gasteiger partial charge in [0.25, 0.3) is 5.91 Å². The van der Waals surface area contributed by atoms with Gasteiger partial charge in [0.05, 0.1) is 6.21 Å². The lowest BCUT2D eigenvalue weighted by atomic mass is 10.2. The van der Waals surface area contributed by atoms with E-state index in [0.29, 0.717) is 11.3 Å². The Labute approximate surface area is 145 Å². The normalized spacial score (nSPS) is 10.6. The summed E-state index contributed by atoms with van der Waals surface area (Å²) in [6.45, 7) is 0. The quantitative estimate of drug-likeness (QED) is 0.549. The fraction of sp³-hybridized carbons (Fsp3) is 0. The molecular formula is C20H16N2O3. The van der Waals surface area contributed by atoms with E-state index in [1.807, 2.05) is 54.6 Å². The molecule has 0 aliphatic rings. The summed E-state index contributed by atoms with van der Waals surface area (Å²) in [5.41, 5.74) is 3.54. The van der Waals surface area contributed by atoms with E-state index >= 15 is 0 Å². The lowest BCUT2D eigenvalue weighted by Crippen LogP contribution is -2.17. The van der Waals surface area contributed by atoms with Crippen molar-refractivity contribution in [3.8, 4) is 17.2 Å². The third-order valence-corrected chi connectivity index (χ3v) is 3.33. The maximum atomic E-state index is 11.9. The molecule has 3 aromatic rings. The molecule has 0 aliphatic carbocycles. The molecule has 0 spiro atoms. The molecule has 0 saturated carbocycles. The van der Waals surface area contributed by atoms with Gasteiger partial charge in [-0.15, -0.1) is 0 Å². The lowest BCUT2D eigenvalue weighted by Gasteiger charge is -2.05. The lowest BCUT2D eigenvalue weighted by molar-refractivity contribution is 0.0954. The molecule has 3 rings (SSSR count). The van der Waals surface area contributed by atoms with Crippen molar-refractivity contribution in [3.63, 3.8) is 0 Å². The van der Waals surface area contributed by atoms with Crippen molar-refractivity contribution in [3.05, 3.63) is 90.0 Å². The standard InChI is InChI=1S/C20H16N2O3/c23-17-8-5-7-16(13-17)20(24)22-21-14-15-6-4-11-19(12-15)25-18-9-2-1-3-10-18/h1-14,23H,(H,22,24)/b21-14+. The van der Waals surface area contributed by atoms with Crippen LogP contribution in [0.15, 0.2) is 84.0 Å². The van der Waals surface area contributed by atoms with Crippen molar-refractivity contribution in [2.45, 2.75) is 0 Å². The van der Waals surface area contributed by atoms with Gasteiger partial charge in [0.1, 0.15) is 17.2 Å². The number of aromatic hydroxyl groups is 1. The van der Waals surface area contributed by atoms with Crippen molar-refractivity contribution in [2.24, 2.45) is 5.10 Å². The van der Waals surface area contributed by atoms with Crippen LogP contribution in [-0.4, -0.2) is 17.2 Å². The number of ether oxygens (including phenoxy) is 1. The number of benzene rings is 3. The SMILES string of the molecule is O=C(N/N=C/c1cccc(Oc2ccccc2)c1)c1cccc(O)c1. The van der Waals surface area contributed by atoms with E-state index in [9.17, 15) is 9.90 Å². The number of carbonyl (C=O) groups excluding carboxylic acids is 1. The van der Waals surface area contributed by atoms with Crippen LogP contribution in [-0.2, 0) is 0 Å². The van der Waals surface area contributed by atoms with Gasteiger partial charge < -0.3 is 9.84 Å². The van der Waals surface area contributed by atoms with Gasteiger partial charge in [0.2, 0.25) is 0 Å². The van der Waals surface area contributed by atoms with E-state index in [0.717, 1.165) is 11.3 Å². The summed E-state index contributed by atoms with van der Waals surface area (Å²) in [7, 11) is 0. The molecule has 0 saturated heterocycles. The molecule has 0 radical (unpaired) electrons. The largest absolute Gasteiger partial charge is 0.508 e. The second-order valence-corrected chi connectivity index (χ2v) is 5.24. The van der Waals surface area contributed by atoms with Crippen molar-refractivity contribution >= 4 is 12.1 Å². The van der Waals surface area contributed by atoms with Crippen LogP contribution in [0.5, 0.6) is 17.2 Å². The molecule has 2 N–H and O–H groups in total. The number of nitrogens with zero attached hydrogens (tertiary/aromatic N) is 1. The monoisotopic (exact) mass is 332 g/mol. The first-order chi connectivity index (χ1) is 12.2. The third kappa shape index (κ3) is 4.68. The molecule has 25 heavy (non-hydrogen) atoms. The summed E-state index contributed by atoms with van der Waals surface area (Å²) < 4.78 is 5.75. The second kappa shape index (κ2) is 7.79. The average Bonchev–Trinajstić information content (AvgIpc) is 2.63. The van der Waals surface area contributed by atoms with Gasteiger partial charge >= 0.3 is 0 Å². The van der Waals surface area contributed by atoms with E-state index in [1.165, 1.54) is 18.3 Å². The molecule has 0 aliphatic heterocycles. The molecular weight excluding hydrogens is 316 g/mol. The first kappa shape index (κ1) is 16.3. The molecule has 0 heterocycles. The smallest absolute Gasteiger partial charge is 0.271 e. The average molecular weight is 332 g/mol. The Morgan fingerprint density at radius 2 is 1.68 bits per heavy atom. The highest BCUT2D eigenvalue weighted by Gasteiger charge is 2.04. The number of rotatable bonds is 5. The van der Waals surface area contributed by atoms with E-state index < -0.39 is 5.91 Å². The zero-order valence-electron chi connectivity index (χ0n) is 13.3. The Balaban J connectivity index is 1.63. The molecule has 0 fully saturated rings. The minimum Gasteiger partial charge on any atom is -0.508 e. The van der Waals surface area contributed by atoms with Gasteiger partial charge in [0.15, 0.2) is 0 Å². The van der Waals surface area contributed by atoms with Crippen LogP contribution in [0.3, 0.4) is 0 Å². The topological polar surface area (TPSA) is 70.9 Å². The summed E-state index contributed by atoms with van der Waals surface area (Å²) >= 11 is 0. The molecule has 3 aromatic carbocycles. The highest BCUT2D eigenvalue weighted by Crippen LogP contribution is 2.21. The molecule has 0 unspecified atom stereocenters. The fourth-order valence-corrected chi connectivity index (χ4v) is 2.16. The van der Waals surface area contributed by atoms with Gasteiger partial charge in [-0.3, -0.25) is 4.79 Å². The highest BCUT2D eigenvalue weighted by atomic mass is 16.5. The van der Waals surface area contributed by atoms with E-state index in [1.54, 1.807) is 12.1 Å². The van der Waals surface area contributed by atoms with Crippen molar-refractivity contribution < 1.29 is 14.6 Å². The minimum absolute atomic E-state index is 0.0300. The number of para-hydroxylation sites is 1. The predicted molar refractivity (Wildman–Crippen MR) is 96.1 cm³/mol. The number of phenolic OH excluding ortho intramolecular Hbond substituents is 1. The molecule has 5 heteroatoms. The number of amides is 1. The molecule has 1 amide bonds. The number of hydrogen-bond donors (Lipinski definition) is 2. The van der Waals surface area contributed by atoms with Gasteiger partial charge in [-0.25, -0.2) is 5.43 Å². The Morgan fingerprint density at radius 3 is 2.48 bits per heavy atom. The number of nitrogens with one attached hydrogen (secondary N) is 1. The maximum Gasteiger partial charge on any atom is 0.271 e. The van der Waals surface area contributed by atoms with Crippen LogP contribution in [0.1, 0.15) is 15.9 Å². The Bertz CT molecular complexity index is 892. The first-order valence-corrected chi connectivity index (χ1v) is 7.66. The number of hydrazone groups is 1. The molecule has 124 valence electrons. The summed E-state index contributed by atoms with van der Waals surface area (Å²) in [4.78, 5) is 11.9. The Kier molecular flexibility index (Phi) is 5.07. The number of phenols is 1. The summed E-state index contributed by atoms with van der Waals surface area (Å²) in [6, 6.07) is 22.9. The van der Waals surface area contributed by atoms with Crippen molar-refractivity contribution in [2.75, 3.05) is 0 Å². The highest BCUT2D eigenvalue weighted by molar-refractivity contribution is 5.95. The van der Waals surface area contributed by atoms with Crippen LogP contribution in [0.4, 0.5) is 0 Å². The minimum atomic E-state index is -0.399. The molecule has 0 aromatic heterocycles. The predicted octanol–water partition coefficient (Wildman–Crippen LogP) is 3.95. The Hall–Kier alpha value is -3.60. The van der Waals surface area contributed by atoms with Crippen LogP contribution < -0.4 is 10.2 Å². The zero-order valence-corrected chi connectivity index (χ0v) is 13.3. The van der Waals surface area contributed by atoms with E-state index in [4.69, 9.17) is 4.74 Å². The maximum absolute atomic E-state index is 11.9. The van der Waals surface area contributed by atoms with Crippen LogP contribution in [0, 0.1) is 0 Å². The van der Waals surface area contributed by atoms with Gasteiger partial charge in [-0.2, -0.15) is 5.10 Å². The van der Waals surface area contributed by atoms with Gasteiger partial charge in [0, 0.05) is 5.56 Å². The number of hydrogen-bond acceptors (Lipinski definition) is 4. The first-order valence-electron chi connectivity index (χ1n) is 7.66. The van der Waals surface area contributed by atoms with Crippen molar-refractivity contribution in [1.82, 2.24) is 5.43 Å². The molecule has 0 bridgehead atoms. The molecule has 0 atom stereocenters. The second-order valence-electron chi connectivity index (χ2n) is 5.24. The number of carbonyl (C=O) groups is 1. The summed E-state index contributed by atoms with van der Waals surface area (Å²) in [5, 5.41) is 13.3. The van der Waals surface area contributed by atoms with E-state index in [2.05, 4.69) is 10.5 Å². The van der Waals surface area contributed by atoms with Crippen molar-refractivity contribution in [1.29, 1.82) is 0 Å². The summed E-state index contributed by atoms with van der Waals surface area (Å²) in [5.74, 6) is 1.05. The van der Waals surface area contributed by atoms with Gasteiger partial charge in [-0.1, -0.05) is 36.4 Å².